The molecule has 0 fully saturated rings. The number of halogens is 1. The van der Waals surface area contributed by atoms with Crippen molar-refractivity contribution in [2.45, 2.75) is 6.54 Å². The van der Waals surface area contributed by atoms with E-state index >= 15 is 0 Å². The molecular weight excluding hydrogens is 243 g/mol. The molecule has 0 spiro atoms. The quantitative estimate of drug-likeness (QED) is 0.911. The summed E-state index contributed by atoms with van der Waals surface area (Å²) in [6.07, 6.45) is 1.54. The molecule has 0 radical (unpaired) electrons. The number of aromatic nitrogens is 1. The van der Waals surface area contributed by atoms with E-state index < -0.39 is 5.82 Å². The molecular formula is C14H9FN4. The first-order valence-electron chi connectivity index (χ1n) is 5.51. The second-order valence-electron chi connectivity index (χ2n) is 3.82. The number of hydrogen-bond acceptors (Lipinski definition) is 4. The fraction of sp³-hybridized carbons (Fsp3) is 0.0714. The van der Waals surface area contributed by atoms with Gasteiger partial charge < -0.3 is 5.32 Å². The minimum atomic E-state index is -0.528. The van der Waals surface area contributed by atoms with Crippen LogP contribution in [0.4, 0.5) is 10.1 Å². The molecule has 0 aliphatic carbocycles. The van der Waals surface area contributed by atoms with Gasteiger partial charge in [-0.25, -0.2) is 9.37 Å². The van der Waals surface area contributed by atoms with Gasteiger partial charge in [-0.2, -0.15) is 10.5 Å². The van der Waals surface area contributed by atoms with Crippen LogP contribution < -0.4 is 5.32 Å². The molecule has 1 heterocycles. The topological polar surface area (TPSA) is 72.5 Å². The molecule has 0 atom stereocenters. The summed E-state index contributed by atoms with van der Waals surface area (Å²) in [4.78, 5) is 3.91. The van der Waals surface area contributed by atoms with Crippen LogP contribution >= 0.6 is 0 Å². The van der Waals surface area contributed by atoms with Crippen LogP contribution in [0.3, 0.4) is 0 Å². The molecule has 0 bridgehead atoms. The minimum absolute atomic E-state index is 0.0313. The molecule has 1 aromatic carbocycles. The molecule has 5 heteroatoms. The van der Waals surface area contributed by atoms with Crippen molar-refractivity contribution in [2.75, 3.05) is 5.32 Å². The van der Waals surface area contributed by atoms with Crippen molar-refractivity contribution in [3.63, 3.8) is 0 Å². The third kappa shape index (κ3) is 3.05. The van der Waals surface area contributed by atoms with E-state index in [1.165, 1.54) is 12.1 Å². The molecule has 0 aliphatic heterocycles. The number of pyridine rings is 1. The summed E-state index contributed by atoms with van der Waals surface area (Å²) in [6, 6.07) is 11.5. The molecule has 19 heavy (non-hydrogen) atoms. The van der Waals surface area contributed by atoms with E-state index in [2.05, 4.69) is 10.3 Å². The van der Waals surface area contributed by atoms with Crippen LogP contribution in [-0.2, 0) is 6.54 Å². The summed E-state index contributed by atoms with van der Waals surface area (Å²) < 4.78 is 13.4. The van der Waals surface area contributed by atoms with Crippen LogP contribution in [-0.4, -0.2) is 4.98 Å². The number of nitrogens with zero attached hydrogens (tertiary/aromatic N) is 3. The molecule has 1 N–H and O–H groups in total. The van der Waals surface area contributed by atoms with Crippen molar-refractivity contribution in [1.29, 1.82) is 10.5 Å². The number of nitrogens with one attached hydrogen (secondary N) is 1. The average Bonchev–Trinajstić information content (AvgIpc) is 2.46. The van der Waals surface area contributed by atoms with Crippen LogP contribution in [0, 0.1) is 28.5 Å². The first kappa shape index (κ1) is 12.5. The number of anilines is 1. The SMILES string of the molecule is N#Cc1ccc(NCc2ccc(C#N)c(F)c2)cn1. The van der Waals surface area contributed by atoms with Crippen molar-refractivity contribution in [1.82, 2.24) is 4.98 Å². The molecule has 0 saturated heterocycles. The third-order valence-electron chi connectivity index (χ3n) is 2.53. The smallest absolute Gasteiger partial charge is 0.141 e. The maximum atomic E-state index is 13.4. The molecule has 0 aliphatic rings. The van der Waals surface area contributed by atoms with Gasteiger partial charge in [0.15, 0.2) is 0 Å². The Morgan fingerprint density at radius 1 is 1.16 bits per heavy atom. The Kier molecular flexibility index (Phi) is 3.70. The van der Waals surface area contributed by atoms with Gasteiger partial charge >= 0.3 is 0 Å². The fourth-order valence-electron chi connectivity index (χ4n) is 1.53. The van der Waals surface area contributed by atoms with Gasteiger partial charge in [0.2, 0.25) is 0 Å². The van der Waals surface area contributed by atoms with Gasteiger partial charge in [0.05, 0.1) is 17.4 Å². The van der Waals surface area contributed by atoms with Gasteiger partial charge in [0, 0.05) is 6.54 Å². The van der Waals surface area contributed by atoms with Gasteiger partial charge in [0.1, 0.15) is 23.6 Å². The highest BCUT2D eigenvalue weighted by Gasteiger charge is 2.02. The first-order chi connectivity index (χ1) is 9.22. The van der Waals surface area contributed by atoms with E-state index in [0.717, 1.165) is 11.3 Å². The number of hydrogen-bond donors (Lipinski definition) is 1. The number of nitriles is 2. The zero-order valence-corrected chi connectivity index (χ0v) is 9.89. The van der Waals surface area contributed by atoms with Gasteiger partial charge in [-0.15, -0.1) is 0 Å². The second-order valence-corrected chi connectivity index (χ2v) is 3.82. The first-order valence-corrected chi connectivity index (χ1v) is 5.51. The lowest BCUT2D eigenvalue weighted by Gasteiger charge is -2.06. The Labute approximate surface area is 109 Å². The predicted octanol–water partition coefficient (Wildman–Crippen LogP) is 2.58. The number of benzene rings is 1. The molecule has 1 aromatic heterocycles. The molecule has 2 rings (SSSR count). The van der Waals surface area contributed by atoms with Crippen LogP contribution in [0.25, 0.3) is 0 Å². The second kappa shape index (κ2) is 5.61. The Morgan fingerprint density at radius 3 is 2.58 bits per heavy atom. The zero-order chi connectivity index (χ0) is 13.7. The lowest BCUT2D eigenvalue weighted by Crippen LogP contribution is -2.01. The maximum Gasteiger partial charge on any atom is 0.141 e. The Morgan fingerprint density at radius 2 is 2.00 bits per heavy atom. The van der Waals surface area contributed by atoms with Gasteiger partial charge in [-0.05, 0) is 29.8 Å². The van der Waals surface area contributed by atoms with Gasteiger partial charge in [-0.3, -0.25) is 0 Å². The maximum absolute atomic E-state index is 13.4. The van der Waals surface area contributed by atoms with Crippen molar-refractivity contribution in [3.8, 4) is 12.1 Å². The van der Waals surface area contributed by atoms with Crippen molar-refractivity contribution in [2.24, 2.45) is 0 Å². The molecule has 0 saturated carbocycles. The summed E-state index contributed by atoms with van der Waals surface area (Å²) in [5, 5.41) is 20.3. The van der Waals surface area contributed by atoms with Crippen molar-refractivity contribution >= 4 is 5.69 Å². The molecule has 0 unspecified atom stereocenters. The summed E-state index contributed by atoms with van der Waals surface area (Å²) in [6.45, 7) is 0.413. The third-order valence-corrected chi connectivity index (χ3v) is 2.53. The van der Waals surface area contributed by atoms with E-state index in [-0.39, 0.29) is 5.56 Å². The summed E-state index contributed by atoms with van der Waals surface area (Å²) in [7, 11) is 0. The summed E-state index contributed by atoms with van der Waals surface area (Å²) in [5.41, 5.74) is 1.84. The normalized spacial score (nSPS) is 9.42. The standard InChI is InChI=1S/C14H9FN4/c15-14-5-10(1-2-11(14)6-16)8-18-13-4-3-12(7-17)19-9-13/h1-5,9,18H,8H2. The van der Waals surface area contributed by atoms with Crippen molar-refractivity contribution in [3.05, 3.63) is 59.2 Å². The zero-order valence-electron chi connectivity index (χ0n) is 9.89. The molecule has 92 valence electrons. The van der Waals surface area contributed by atoms with Crippen LogP contribution in [0.2, 0.25) is 0 Å². The highest BCUT2D eigenvalue weighted by Crippen LogP contribution is 2.12. The molecule has 0 amide bonds. The fourth-order valence-corrected chi connectivity index (χ4v) is 1.53. The summed E-state index contributed by atoms with van der Waals surface area (Å²) in [5.74, 6) is -0.528. The van der Waals surface area contributed by atoms with Crippen LogP contribution in [0.5, 0.6) is 0 Å². The van der Waals surface area contributed by atoms with E-state index in [1.54, 1.807) is 30.5 Å². The van der Waals surface area contributed by atoms with Crippen LogP contribution in [0.1, 0.15) is 16.8 Å². The van der Waals surface area contributed by atoms with Crippen molar-refractivity contribution < 1.29 is 4.39 Å². The monoisotopic (exact) mass is 252 g/mol. The molecule has 2 aromatic rings. The van der Waals surface area contributed by atoms with E-state index in [4.69, 9.17) is 10.5 Å². The lowest BCUT2D eigenvalue weighted by molar-refractivity contribution is 0.622. The van der Waals surface area contributed by atoms with Gasteiger partial charge in [0.25, 0.3) is 0 Å². The Balaban J connectivity index is 2.04. The van der Waals surface area contributed by atoms with E-state index in [1.807, 2.05) is 6.07 Å². The van der Waals surface area contributed by atoms with E-state index in [0.29, 0.717) is 12.2 Å². The van der Waals surface area contributed by atoms with E-state index in [9.17, 15) is 4.39 Å². The average molecular weight is 252 g/mol. The highest BCUT2D eigenvalue weighted by atomic mass is 19.1. The summed E-state index contributed by atoms with van der Waals surface area (Å²) >= 11 is 0. The lowest BCUT2D eigenvalue weighted by atomic mass is 10.1. The highest BCUT2D eigenvalue weighted by molar-refractivity contribution is 5.44. The van der Waals surface area contributed by atoms with Gasteiger partial charge in [-0.1, -0.05) is 6.07 Å². The Hall–Kier alpha value is -2.92. The minimum Gasteiger partial charge on any atom is -0.380 e. The molecule has 4 nitrogen and oxygen atoms in total. The largest absolute Gasteiger partial charge is 0.380 e. The number of rotatable bonds is 3. The predicted molar refractivity (Wildman–Crippen MR) is 67.4 cm³/mol. The van der Waals surface area contributed by atoms with Crippen LogP contribution in [0.15, 0.2) is 36.5 Å². The Bertz CT molecular complexity index is 665.